The maximum atomic E-state index is 15.8. The Labute approximate surface area is 198 Å². The maximum Gasteiger partial charge on any atom is 0.151 e. The van der Waals surface area contributed by atoms with E-state index in [4.69, 9.17) is 0 Å². The number of alkyl halides is 1. The monoisotopic (exact) mass is 446 g/mol. The predicted molar refractivity (Wildman–Crippen MR) is 132 cm³/mol. The smallest absolute Gasteiger partial charge is 0.151 e. The SMILES string of the molecule is CCCCCCCC1CCC(C2CC[C@]3(CC2)C(=O)[C@@]2(CCC(CCC)CC2)[C@H]3F)CC1. The summed E-state index contributed by atoms with van der Waals surface area (Å²) in [6, 6.07) is 0. The van der Waals surface area contributed by atoms with Crippen molar-refractivity contribution >= 4 is 5.78 Å². The van der Waals surface area contributed by atoms with Crippen LogP contribution in [0.2, 0.25) is 0 Å². The Morgan fingerprint density at radius 2 is 1.19 bits per heavy atom. The van der Waals surface area contributed by atoms with Gasteiger partial charge in [0.1, 0.15) is 6.17 Å². The molecule has 0 heterocycles. The first-order valence-electron chi connectivity index (χ1n) is 14.7. The Morgan fingerprint density at radius 1 is 0.656 bits per heavy atom. The lowest BCUT2D eigenvalue weighted by molar-refractivity contribution is -0.194. The van der Waals surface area contributed by atoms with Crippen LogP contribution >= 0.6 is 0 Å². The largest absolute Gasteiger partial charge is 0.298 e. The van der Waals surface area contributed by atoms with Crippen LogP contribution in [0.5, 0.6) is 0 Å². The van der Waals surface area contributed by atoms with E-state index >= 15 is 4.39 Å². The fourth-order valence-electron chi connectivity index (χ4n) is 8.64. The van der Waals surface area contributed by atoms with Crippen molar-refractivity contribution in [1.82, 2.24) is 0 Å². The molecule has 2 spiro atoms. The number of ketones is 1. The molecule has 32 heavy (non-hydrogen) atoms. The standard InChI is InChI=1S/C30H51FO/c1-3-5-6-7-8-10-24-11-13-25(14-12-24)26-17-21-30(22-18-26)27(31)29(28(30)32)19-15-23(9-4-2)16-20-29/h23-27H,3-22H2,1-2H3/t23?,24?,25?,26?,27-,29-,30-/m1/s1. The van der Waals surface area contributed by atoms with Gasteiger partial charge in [-0.05, 0) is 87.9 Å². The Kier molecular flexibility index (Phi) is 8.42. The van der Waals surface area contributed by atoms with Gasteiger partial charge in [0.25, 0.3) is 0 Å². The fourth-order valence-corrected chi connectivity index (χ4v) is 8.64. The number of hydrogen-bond donors (Lipinski definition) is 0. The minimum absolute atomic E-state index is 0.359. The normalized spacial score (nSPS) is 42.3. The molecule has 0 bridgehead atoms. The molecule has 1 nitrogen and oxygen atoms in total. The van der Waals surface area contributed by atoms with Gasteiger partial charge < -0.3 is 0 Å². The molecule has 1 atom stereocenters. The molecule has 2 heteroatoms. The highest BCUT2D eigenvalue weighted by Gasteiger charge is 2.71. The summed E-state index contributed by atoms with van der Waals surface area (Å²) in [6.07, 6.45) is 23.5. The number of rotatable bonds is 9. The zero-order valence-electron chi connectivity index (χ0n) is 21.3. The number of Topliss-reactive ketones (excluding diaryl/α,β-unsaturated/α-hetero) is 1. The van der Waals surface area contributed by atoms with Crippen molar-refractivity contribution in [3.05, 3.63) is 0 Å². The number of carbonyl (C=O) groups is 1. The van der Waals surface area contributed by atoms with Crippen LogP contribution in [-0.2, 0) is 4.79 Å². The predicted octanol–water partition coefficient (Wildman–Crippen LogP) is 9.23. The highest BCUT2D eigenvalue weighted by Crippen LogP contribution is 2.66. The van der Waals surface area contributed by atoms with E-state index in [0.717, 1.165) is 75.0 Å². The zero-order valence-corrected chi connectivity index (χ0v) is 21.3. The summed E-state index contributed by atoms with van der Waals surface area (Å²) in [7, 11) is 0. The molecular weight excluding hydrogens is 395 g/mol. The van der Waals surface area contributed by atoms with E-state index in [1.807, 2.05) is 0 Å². The first-order chi connectivity index (χ1) is 15.6. The topological polar surface area (TPSA) is 17.1 Å². The molecule has 0 amide bonds. The van der Waals surface area contributed by atoms with Crippen LogP contribution in [0.1, 0.15) is 142 Å². The van der Waals surface area contributed by atoms with Gasteiger partial charge in [0.15, 0.2) is 5.78 Å². The average molecular weight is 447 g/mol. The van der Waals surface area contributed by atoms with Crippen LogP contribution < -0.4 is 0 Å². The van der Waals surface area contributed by atoms with Gasteiger partial charge in [-0.2, -0.15) is 0 Å². The molecule has 0 radical (unpaired) electrons. The lowest BCUT2D eigenvalue weighted by atomic mass is 9.41. The third-order valence-corrected chi connectivity index (χ3v) is 10.8. The lowest BCUT2D eigenvalue weighted by Crippen LogP contribution is -2.69. The molecule has 0 aromatic rings. The van der Waals surface area contributed by atoms with Crippen LogP contribution in [0.4, 0.5) is 4.39 Å². The number of hydrogen-bond acceptors (Lipinski definition) is 1. The van der Waals surface area contributed by atoms with Crippen molar-refractivity contribution in [2.45, 2.75) is 148 Å². The third kappa shape index (κ3) is 4.72. The summed E-state index contributed by atoms with van der Waals surface area (Å²) in [5.74, 6) is 3.69. The molecule has 0 saturated heterocycles. The van der Waals surface area contributed by atoms with Gasteiger partial charge in [-0.25, -0.2) is 4.39 Å². The highest BCUT2D eigenvalue weighted by atomic mass is 19.1. The van der Waals surface area contributed by atoms with Crippen molar-refractivity contribution in [1.29, 1.82) is 0 Å². The third-order valence-electron chi connectivity index (χ3n) is 10.8. The number of halogens is 1. The van der Waals surface area contributed by atoms with E-state index in [1.54, 1.807) is 0 Å². The molecule has 184 valence electrons. The lowest BCUT2D eigenvalue weighted by Gasteiger charge is -2.61. The summed E-state index contributed by atoms with van der Waals surface area (Å²) in [5, 5.41) is 0. The Hall–Kier alpha value is -0.400. The van der Waals surface area contributed by atoms with Gasteiger partial charge in [0.05, 0.1) is 10.8 Å². The minimum Gasteiger partial charge on any atom is -0.298 e. The molecule has 4 aliphatic carbocycles. The van der Waals surface area contributed by atoms with Gasteiger partial charge in [-0.3, -0.25) is 4.79 Å². The summed E-state index contributed by atoms with van der Waals surface area (Å²) in [4.78, 5) is 13.4. The van der Waals surface area contributed by atoms with E-state index < -0.39 is 17.0 Å². The summed E-state index contributed by atoms with van der Waals surface area (Å²) >= 11 is 0. The van der Waals surface area contributed by atoms with Crippen molar-refractivity contribution in [3.8, 4) is 0 Å². The van der Waals surface area contributed by atoms with E-state index in [0.29, 0.717) is 5.78 Å². The molecule has 4 rings (SSSR count). The van der Waals surface area contributed by atoms with Crippen LogP contribution in [0.15, 0.2) is 0 Å². The van der Waals surface area contributed by atoms with Crippen molar-refractivity contribution in [2.75, 3.05) is 0 Å². The van der Waals surface area contributed by atoms with E-state index in [2.05, 4.69) is 13.8 Å². The van der Waals surface area contributed by atoms with E-state index in [9.17, 15) is 4.79 Å². The van der Waals surface area contributed by atoms with Gasteiger partial charge in [-0.1, -0.05) is 78.1 Å². The van der Waals surface area contributed by atoms with Crippen LogP contribution in [0.25, 0.3) is 0 Å². The van der Waals surface area contributed by atoms with Crippen molar-refractivity contribution < 1.29 is 9.18 Å². The van der Waals surface area contributed by atoms with Crippen LogP contribution in [0, 0.1) is 34.5 Å². The molecule has 4 saturated carbocycles. The van der Waals surface area contributed by atoms with E-state index in [1.165, 1.54) is 77.0 Å². The number of unbranched alkanes of at least 4 members (excludes halogenated alkanes) is 4. The molecule has 0 aliphatic heterocycles. The van der Waals surface area contributed by atoms with Gasteiger partial charge >= 0.3 is 0 Å². The second-order valence-corrected chi connectivity index (χ2v) is 12.6. The zero-order chi connectivity index (χ0) is 22.6. The van der Waals surface area contributed by atoms with Gasteiger partial charge in [0.2, 0.25) is 0 Å². The molecule has 4 aliphatic rings. The van der Waals surface area contributed by atoms with Gasteiger partial charge in [0, 0.05) is 0 Å². The minimum atomic E-state index is -0.838. The van der Waals surface area contributed by atoms with Gasteiger partial charge in [-0.15, -0.1) is 0 Å². The Morgan fingerprint density at radius 3 is 1.75 bits per heavy atom. The van der Waals surface area contributed by atoms with Crippen molar-refractivity contribution in [2.24, 2.45) is 34.5 Å². The summed E-state index contributed by atoms with van der Waals surface area (Å²) in [6.45, 7) is 4.53. The van der Waals surface area contributed by atoms with Crippen LogP contribution in [-0.4, -0.2) is 12.0 Å². The summed E-state index contributed by atoms with van der Waals surface area (Å²) in [5.41, 5.74) is -1.13. The quantitative estimate of drug-likeness (QED) is 0.322. The highest BCUT2D eigenvalue weighted by molar-refractivity contribution is 5.98. The molecule has 0 aromatic heterocycles. The second kappa shape index (κ2) is 10.9. The summed E-state index contributed by atoms with van der Waals surface area (Å²) < 4.78 is 15.8. The Bertz CT molecular complexity index is 588. The molecule has 4 fully saturated rings. The Balaban J connectivity index is 1.19. The van der Waals surface area contributed by atoms with E-state index in [-0.39, 0.29) is 0 Å². The first-order valence-corrected chi connectivity index (χ1v) is 14.7. The first kappa shape index (κ1) is 24.7. The fraction of sp³-hybridized carbons (Fsp3) is 0.967. The average Bonchev–Trinajstić information content (AvgIpc) is 2.84. The molecule has 0 aromatic carbocycles. The second-order valence-electron chi connectivity index (χ2n) is 12.6. The molecule has 0 unspecified atom stereocenters. The van der Waals surface area contributed by atoms with Crippen molar-refractivity contribution in [3.63, 3.8) is 0 Å². The van der Waals surface area contributed by atoms with Crippen LogP contribution in [0.3, 0.4) is 0 Å². The number of carbonyl (C=O) groups excluding carboxylic acids is 1. The molecule has 0 N–H and O–H groups in total. The maximum absolute atomic E-state index is 15.8. The molecular formula is C30H51FO.